The van der Waals surface area contributed by atoms with Gasteiger partial charge in [0.2, 0.25) is 5.91 Å². The molecule has 1 aromatic carbocycles. The monoisotopic (exact) mass is 342 g/mol. The molecule has 2 saturated carbocycles. The molecule has 24 heavy (non-hydrogen) atoms. The quantitative estimate of drug-likeness (QED) is 0.786. The van der Waals surface area contributed by atoms with Gasteiger partial charge < -0.3 is 5.32 Å². The largest absolute Gasteiger partial charge is 0.352 e. The number of aromatic nitrogens is 3. The highest BCUT2D eigenvalue weighted by atomic mass is 32.2. The smallest absolute Gasteiger partial charge is 0.230 e. The molecule has 0 bridgehead atoms. The van der Waals surface area contributed by atoms with Crippen molar-refractivity contribution in [2.24, 2.45) is 11.8 Å². The summed E-state index contributed by atoms with van der Waals surface area (Å²) in [7, 11) is 0. The van der Waals surface area contributed by atoms with Crippen molar-refractivity contribution in [3.05, 3.63) is 36.2 Å². The van der Waals surface area contributed by atoms with Crippen molar-refractivity contribution in [1.82, 2.24) is 20.1 Å². The molecule has 1 aromatic heterocycles. The number of hydrogen-bond acceptors (Lipinski definition) is 4. The van der Waals surface area contributed by atoms with Gasteiger partial charge in [0, 0.05) is 6.04 Å². The standard InChI is InChI=1S/C18H22N4OS/c1-12-4-2-3-5-15(12)22-11-19-21-18(22)24-10-16(23)20-17(13-6-7-13)14-8-9-14/h2-5,11,13-14,17H,6-10H2,1H3,(H,20,23). The molecule has 2 fully saturated rings. The van der Waals surface area contributed by atoms with Crippen molar-refractivity contribution in [3.63, 3.8) is 0 Å². The first kappa shape index (κ1) is 15.7. The lowest BCUT2D eigenvalue weighted by Crippen LogP contribution is -2.39. The maximum absolute atomic E-state index is 12.3. The first-order chi connectivity index (χ1) is 11.7. The Hall–Kier alpha value is -1.82. The molecular formula is C18H22N4OS. The second-order valence-electron chi connectivity index (χ2n) is 6.83. The number of aryl methyl sites for hydroxylation is 1. The second kappa shape index (κ2) is 6.59. The fourth-order valence-electron chi connectivity index (χ4n) is 3.21. The van der Waals surface area contributed by atoms with E-state index < -0.39 is 0 Å². The molecule has 126 valence electrons. The molecule has 4 rings (SSSR count). The molecule has 0 atom stereocenters. The second-order valence-corrected chi connectivity index (χ2v) is 7.77. The number of carbonyl (C=O) groups is 1. The number of hydrogen-bond donors (Lipinski definition) is 1. The van der Waals surface area contributed by atoms with E-state index in [1.54, 1.807) is 6.33 Å². The van der Waals surface area contributed by atoms with Gasteiger partial charge in [-0.25, -0.2) is 0 Å². The molecule has 0 aliphatic heterocycles. The highest BCUT2D eigenvalue weighted by molar-refractivity contribution is 7.99. The van der Waals surface area contributed by atoms with Gasteiger partial charge in [0.05, 0.1) is 11.4 Å². The van der Waals surface area contributed by atoms with Gasteiger partial charge in [-0.05, 0) is 56.1 Å². The summed E-state index contributed by atoms with van der Waals surface area (Å²) < 4.78 is 1.95. The third kappa shape index (κ3) is 3.48. The number of benzene rings is 1. The van der Waals surface area contributed by atoms with Crippen molar-refractivity contribution < 1.29 is 4.79 Å². The Labute approximate surface area is 146 Å². The van der Waals surface area contributed by atoms with Crippen molar-refractivity contribution in [1.29, 1.82) is 0 Å². The lowest BCUT2D eigenvalue weighted by atomic mass is 10.1. The molecule has 0 spiro atoms. The Bertz CT molecular complexity index is 724. The van der Waals surface area contributed by atoms with E-state index in [0.717, 1.165) is 28.2 Å². The summed E-state index contributed by atoms with van der Waals surface area (Å²) in [5.74, 6) is 1.95. The van der Waals surface area contributed by atoms with Gasteiger partial charge in [-0.15, -0.1) is 10.2 Å². The lowest BCUT2D eigenvalue weighted by molar-refractivity contribution is -0.119. The van der Waals surface area contributed by atoms with Crippen LogP contribution in [0, 0.1) is 18.8 Å². The number of carbonyl (C=O) groups excluding carboxylic acids is 1. The van der Waals surface area contributed by atoms with E-state index in [-0.39, 0.29) is 5.91 Å². The number of amides is 1. The van der Waals surface area contributed by atoms with Gasteiger partial charge in [0.15, 0.2) is 5.16 Å². The Morgan fingerprint density at radius 2 is 2.00 bits per heavy atom. The Morgan fingerprint density at radius 3 is 2.67 bits per heavy atom. The van der Waals surface area contributed by atoms with Gasteiger partial charge in [0.1, 0.15) is 6.33 Å². The van der Waals surface area contributed by atoms with Crippen molar-refractivity contribution in [2.75, 3.05) is 5.75 Å². The van der Waals surface area contributed by atoms with Crippen LogP contribution in [0.25, 0.3) is 5.69 Å². The molecular weight excluding hydrogens is 320 g/mol. The fraction of sp³-hybridized carbons (Fsp3) is 0.500. The Kier molecular flexibility index (Phi) is 4.31. The summed E-state index contributed by atoms with van der Waals surface area (Å²) in [4.78, 5) is 12.3. The predicted molar refractivity (Wildman–Crippen MR) is 94.2 cm³/mol. The van der Waals surface area contributed by atoms with Gasteiger partial charge in [0.25, 0.3) is 0 Å². The molecule has 1 heterocycles. The number of nitrogens with zero attached hydrogens (tertiary/aromatic N) is 3. The average Bonchev–Trinajstić information content (AvgIpc) is 3.50. The van der Waals surface area contributed by atoms with E-state index in [4.69, 9.17) is 0 Å². The zero-order valence-corrected chi connectivity index (χ0v) is 14.6. The molecule has 2 aromatic rings. The summed E-state index contributed by atoms with van der Waals surface area (Å²) in [6.07, 6.45) is 6.80. The molecule has 0 unspecified atom stereocenters. The van der Waals surface area contributed by atoms with Crippen LogP contribution in [0.5, 0.6) is 0 Å². The molecule has 1 amide bonds. The van der Waals surface area contributed by atoms with E-state index in [1.165, 1.54) is 37.4 Å². The minimum absolute atomic E-state index is 0.114. The Morgan fingerprint density at radius 1 is 1.29 bits per heavy atom. The first-order valence-electron chi connectivity index (χ1n) is 8.60. The molecule has 0 saturated heterocycles. The number of thioether (sulfide) groups is 1. The number of nitrogens with one attached hydrogen (secondary N) is 1. The average molecular weight is 342 g/mol. The zero-order chi connectivity index (χ0) is 16.5. The van der Waals surface area contributed by atoms with Gasteiger partial charge >= 0.3 is 0 Å². The minimum Gasteiger partial charge on any atom is -0.352 e. The summed E-state index contributed by atoms with van der Waals surface area (Å²) in [5, 5.41) is 12.2. The third-order valence-electron chi connectivity index (χ3n) is 4.81. The van der Waals surface area contributed by atoms with Crippen LogP contribution in [-0.4, -0.2) is 32.5 Å². The Balaban J connectivity index is 1.39. The summed E-state index contributed by atoms with van der Waals surface area (Å²) in [5.41, 5.74) is 2.21. The molecule has 2 aliphatic carbocycles. The van der Waals surface area contributed by atoms with Crippen LogP contribution >= 0.6 is 11.8 Å². The van der Waals surface area contributed by atoms with Crippen molar-refractivity contribution >= 4 is 17.7 Å². The van der Waals surface area contributed by atoms with Crippen LogP contribution in [0.4, 0.5) is 0 Å². The normalized spacial score (nSPS) is 17.2. The molecule has 6 heteroatoms. The van der Waals surface area contributed by atoms with E-state index in [2.05, 4.69) is 28.5 Å². The maximum atomic E-state index is 12.3. The minimum atomic E-state index is 0.114. The summed E-state index contributed by atoms with van der Waals surface area (Å²) in [6.45, 7) is 2.06. The van der Waals surface area contributed by atoms with Crippen molar-refractivity contribution in [3.8, 4) is 5.69 Å². The highest BCUT2D eigenvalue weighted by Gasteiger charge is 2.42. The number of rotatable bonds is 7. The molecule has 5 nitrogen and oxygen atoms in total. The van der Waals surface area contributed by atoms with Crippen LogP contribution in [-0.2, 0) is 4.79 Å². The number of para-hydroxylation sites is 1. The van der Waals surface area contributed by atoms with Crippen LogP contribution in [0.3, 0.4) is 0 Å². The van der Waals surface area contributed by atoms with Gasteiger partial charge in [-0.3, -0.25) is 9.36 Å². The maximum Gasteiger partial charge on any atom is 0.230 e. The molecule has 1 N–H and O–H groups in total. The molecule has 0 radical (unpaired) electrons. The van der Waals surface area contributed by atoms with Gasteiger partial charge in [-0.2, -0.15) is 0 Å². The SMILES string of the molecule is Cc1ccccc1-n1cnnc1SCC(=O)NC(C1CC1)C1CC1. The topological polar surface area (TPSA) is 59.8 Å². The van der Waals surface area contributed by atoms with Crippen LogP contribution < -0.4 is 5.32 Å². The van der Waals surface area contributed by atoms with Crippen LogP contribution in [0.1, 0.15) is 31.2 Å². The highest BCUT2D eigenvalue weighted by Crippen LogP contribution is 2.44. The third-order valence-corrected chi connectivity index (χ3v) is 5.75. The predicted octanol–water partition coefficient (Wildman–Crippen LogP) is 2.97. The van der Waals surface area contributed by atoms with Crippen molar-refractivity contribution in [2.45, 2.75) is 43.8 Å². The first-order valence-corrected chi connectivity index (χ1v) is 9.59. The van der Waals surface area contributed by atoms with Gasteiger partial charge in [-0.1, -0.05) is 30.0 Å². The van der Waals surface area contributed by atoms with E-state index in [0.29, 0.717) is 11.8 Å². The van der Waals surface area contributed by atoms with E-state index in [1.807, 2.05) is 22.8 Å². The molecule has 2 aliphatic rings. The lowest BCUT2D eigenvalue weighted by Gasteiger charge is -2.17. The summed E-state index contributed by atoms with van der Waals surface area (Å²) >= 11 is 1.45. The van der Waals surface area contributed by atoms with E-state index >= 15 is 0 Å². The summed E-state index contributed by atoms with van der Waals surface area (Å²) in [6, 6.07) is 8.52. The van der Waals surface area contributed by atoms with Crippen LogP contribution in [0.2, 0.25) is 0 Å². The van der Waals surface area contributed by atoms with E-state index in [9.17, 15) is 4.79 Å². The zero-order valence-electron chi connectivity index (χ0n) is 13.8. The fourth-order valence-corrected chi connectivity index (χ4v) is 3.94. The van der Waals surface area contributed by atoms with Crippen LogP contribution in [0.15, 0.2) is 35.7 Å².